The molecule has 0 radical (unpaired) electrons. The van der Waals surface area contributed by atoms with Crippen molar-refractivity contribution in [2.75, 3.05) is 74.1 Å². The average Bonchev–Trinajstić information content (AvgIpc) is 1.58. The Hall–Kier alpha value is -8.77. The first-order valence-corrected chi connectivity index (χ1v) is 39.6. The van der Waals surface area contributed by atoms with Gasteiger partial charge in [0.1, 0.15) is 0 Å². The van der Waals surface area contributed by atoms with Gasteiger partial charge in [0.2, 0.25) is 0 Å². The van der Waals surface area contributed by atoms with Crippen molar-refractivity contribution in [1.29, 1.82) is 0 Å². The Bertz CT molecular complexity index is 5290. The number of alkyl halides is 6. The van der Waals surface area contributed by atoms with Crippen LogP contribution < -0.4 is 14.7 Å². The number of hydrogen-bond acceptors (Lipinski definition) is 9. The van der Waals surface area contributed by atoms with Crippen molar-refractivity contribution in [3.8, 4) is 0 Å². The van der Waals surface area contributed by atoms with Gasteiger partial charge in [-0.1, -0.05) is 178 Å². The summed E-state index contributed by atoms with van der Waals surface area (Å²) in [5.74, 6) is 0. The third kappa shape index (κ3) is 18.8. The predicted octanol–water partition coefficient (Wildman–Crippen LogP) is 25.4. The smallest absolute Gasteiger partial charge is 0.372 e. The highest BCUT2D eigenvalue weighted by molar-refractivity contribution is 6.37. The lowest BCUT2D eigenvalue weighted by Gasteiger charge is -2.34. The minimum absolute atomic E-state index is 0.00922. The zero-order valence-electron chi connectivity index (χ0n) is 62.1. The molecular weight excluding hydrogens is 1530 g/mol. The predicted molar refractivity (Wildman–Crippen MR) is 450 cm³/mol. The number of piperazine rings is 1. The van der Waals surface area contributed by atoms with E-state index in [2.05, 4.69) is 147 Å². The average molecular weight is 1620 g/mol. The Balaban J connectivity index is 0.000000116. The first-order chi connectivity index (χ1) is 53.2. The maximum atomic E-state index is 13.3. The maximum absolute atomic E-state index is 13.3. The van der Waals surface area contributed by atoms with E-state index in [9.17, 15) is 26.3 Å². The van der Waals surface area contributed by atoms with Crippen LogP contribution in [0, 0.1) is 27.7 Å². The lowest BCUT2D eigenvalue weighted by molar-refractivity contribution is -0.137. The number of rotatable bonds is 8. The van der Waals surface area contributed by atoms with Crippen molar-refractivity contribution in [2.45, 2.75) is 104 Å². The number of hydrogen-bond donors (Lipinski definition) is 0. The van der Waals surface area contributed by atoms with E-state index >= 15 is 0 Å². The van der Waals surface area contributed by atoms with Gasteiger partial charge in [0, 0.05) is 117 Å². The molecule has 0 amide bonds. The van der Waals surface area contributed by atoms with E-state index in [-0.39, 0.29) is 21.4 Å². The van der Waals surface area contributed by atoms with E-state index in [4.69, 9.17) is 79.6 Å². The first kappa shape index (κ1) is 78.9. The van der Waals surface area contributed by atoms with Gasteiger partial charge >= 0.3 is 12.4 Å². The maximum Gasteiger partial charge on any atom is 0.418 e. The molecule has 8 aliphatic heterocycles. The molecule has 0 unspecified atom stereocenters. The Morgan fingerprint density at radius 1 is 0.279 bits per heavy atom. The number of fused-ring (bicyclic) bond motifs is 5. The van der Waals surface area contributed by atoms with E-state index in [1.165, 1.54) is 109 Å². The standard InChI is InChI=1S/C20H19ClF3N3.C20H21ClN2.C19H19ClN2.C16H11ClF3N.C15H11Cl2N/c1-26-6-8-27(9-7-26)16-4-2-13(3-5-16)18-11-14-10-15(21)12-17(19(14)25-18)20(22,23)24;1-14-11-16-13-19(22-20(16)18(21)12-14)15-5-7-17(8-6-15)23-9-3-2-4-10-23;1-13-10-15-12-18(21-19(15)17(20)11-13)14-4-6-16(7-5-14)22-8-2-3-9-22;1-9-2-4-10(5-3-9)14-7-11-6-12(17)8-13(15(11)21-14)16(18,19)20;1-9-2-4-10(5-3-9)14-7-11-6-12(16)8-13(17)15(11)18-14/h2-5,10,12H,6-9,11H2,1H3;5-8,11-12H,2-4,9-10,13H2,1H3;4-7,10-11H,2-3,8-9,12H2,1H3;2-6,8H,7H2,1H3;2-6,8H,7H2,1H3. The number of aryl methyl sites for hydroxylation is 4. The number of nitrogens with zero attached hydrogens (tertiary/aromatic N) is 9. The second-order valence-corrected chi connectivity index (χ2v) is 31.9. The van der Waals surface area contributed by atoms with E-state index in [1.807, 2.05) is 73.7 Å². The summed E-state index contributed by atoms with van der Waals surface area (Å²) in [5.41, 5.74) is 24.1. The van der Waals surface area contributed by atoms with Crippen molar-refractivity contribution in [3.05, 3.63) is 301 Å². The van der Waals surface area contributed by atoms with Crippen LogP contribution in [0.15, 0.2) is 207 Å². The van der Waals surface area contributed by atoms with Gasteiger partial charge < -0.3 is 19.6 Å². The summed E-state index contributed by atoms with van der Waals surface area (Å²) in [5, 5.41) is 2.99. The number of anilines is 3. The third-order valence-electron chi connectivity index (χ3n) is 21.1. The first-order valence-electron chi connectivity index (χ1n) is 37.3. The van der Waals surface area contributed by atoms with Crippen molar-refractivity contribution in [1.82, 2.24) is 4.90 Å². The fraction of sp³-hybridized carbons (Fsp3) is 0.278. The van der Waals surface area contributed by atoms with Gasteiger partial charge in [-0.25, -0.2) is 0 Å². The topological polar surface area (TPSA) is 74.8 Å². The van der Waals surface area contributed by atoms with Gasteiger partial charge in [0.15, 0.2) is 0 Å². The van der Waals surface area contributed by atoms with Crippen molar-refractivity contribution in [2.24, 2.45) is 25.0 Å². The van der Waals surface area contributed by atoms with E-state index < -0.39 is 23.5 Å². The Morgan fingerprint density at radius 3 is 0.865 bits per heavy atom. The molecule has 8 heterocycles. The molecule has 0 spiro atoms. The van der Waals surface area contributed by atoms with Crippen molar-refractivity contribution in [3.63, 3.8) is 0 Å². The lowest BCUT2D eigenvalue weighted by Crippen LogP contribution is -2.44. The molecule has 8 aliphatic rings. The number of benzene rings is 10. The summed E-state index contributed by atoms with van der Waals surface area (Å²) < 4.78 is 79.1. The second kappa shape index (κ2) is 33.9. The minimum atomic E-state index is -4.47. The van der Waals surface area contributed by atoms with Crippen LogP contribution in [0.3, 0.4) is 0 Å². The monoisotopic (exact) mass is 1610 g/mol. The molecule has 21 heteroatoms. The molecule has 3 saturated heterocycles. The molecule has 10 aromatic rings. The van der Waals surface area contributed by atoms with Gasteiger partial charge in [0.05, 0.1) is 83.2 Å². The van der Waals surface area contributed by atoms with Crippen LogP contribution in [0.4, 0.5) is 71.8 Å². The molecule has 0 N–H and O–H groups in total. The van der Waals surface area contributed by atoms with Gasteiger partial charge in [-0.05, 0) is 219 Å². The highest BCUT2D eigenvalue weighted by Gasteiger charge is 2.39. The summed E-state index contributed by atoms with van der Waals surface area (Å²) in [6, 6.07) is 58.6. The van der Waals surface area contributed by atoms with Crippen LogP contribution in [0.5, 0.6) is 0 Å². The van der Waals surface area contributed by atoms with Gasteiger partial charge in [0.25, 0.3) is 0 Å². The van der Waals surface area contributed by atoms with E-state index in [1.54, 1.807) is 18.2 Å². The Labute approximate surface area is 674 Å². The molecule has 570 valence electrons. The fourth-order valence-electron chi connectivity index (χ4n) is 15.2. The van der Waals surface area contributed by atoms with Crippen molar-refractivity contribution >= 4 is 144 Å². The van der Waals surface area contributed by atoms with Gasteiger partial charge in [-0.3, -0.25) is 25.0 Å². The van der Waals surface area contributed by atoms with Crippen LogP contribution in [0.2, 0.25) is 30.1 Å². The quantitative estimate of drug-likeness (QED) is 0.142. The molecule has 0 aromatic heterocycles. The normalized spacial score (nSPS) is 16.0. The van der Waals surface area contributed by atoms with Crippen LogP contribution in [-0.4, -0.2) is 92.9 Å². The van der Waals surface area contributed by atoms with Gasteiger partial charge in [-0.15, -0.1) is 0 Å². The molecule has 3 fully saturated rings. The largest absolute Gasteiger partial charge is 0.418 e. The highest BCUT2D eigenvalue weighted by Crippen LogP contribution is 2.47. The lowest BCUT2D eigenvalue weighted by atomic mass is 10.0. The summed E-state index contributed by atoms with van der Waals surface area (Å²) in [7, 11) is 2.11. The highest BCUT2D eigenvalue weighted by atomic mass is 35.5. The number of halogens is 12. The molecular formula is C90H81Cl6F6N9. The SMILES string of the molecule is CN1CCN(c2ccc(C3=Nc4c(cc(Cl)cc4C(F)(F)F)C3)cc2)CC1.Cc1cc(Cl)c2c(c1)CC(c1ccc(N3CCCC3)cc1)=N2.Cc1cc(Cl)c2c(c1)CC(c1ccc(N3CCCCC3)cc1)=N2.Cc1ccc(C2=Nc3c(Cl)cc(Cl)cc3C2)cc1.Cc1ccc(C2=Nc3c(cc(Cl)cc3C(F)(F)F)C2)cc1. The zero-order chi connectivity index (χ0) is 78.0. The second-order valence-electron chi connectivity index (χ2n) is 29.4. The fourth-order valence-corrected chi connectivity index (χ4v) is 16.9. The number of likely N-dealkylation sites (N-methyl/N-ethyl adjacent to an activating group) is 1. The molecule has 0 saturated carbocycles. The van der Waals surface area contributed by atoms with E-state index in [0.717, 1.165) is 135 Å². The van der Waals surface area contributed by atoms with Crippen LogP contribution in [0.25, 0.3) is 0 Å². The van der Waals surface area contributed by atoms with Crippen LogP contribution in [0.1, 0.15) is 121 Å². The van der Waals surface area contributed by atoms with Crippen LogP contribution in [-0.2, 0) is 44.5 Å². The molecule has 0 aliphatic carbocycles. The zero-order valence-corrected chi connectivity index (χ0v) is 66.6. The Kier molecular flexibility index (Phi) is 24.1. The molecule has 9 nitrogen and oxygen atoms in total. The van der Waals surface area contributed by atoms with Gasteiger partial charge in [-0.2, -0.15) is 26.3 Å². The summed E-state index contributed by atoms with van der Waals surface area (Å²) in [6.45, 7) is 16.9. The van der Waals surface area contributed by atoms with Crippen molar-refractivity contribution < 1.29 is 26.3 Å². The molecule has 10 aromatic carbocycles. The summed E-state index contributed by atoms with van der Waals surface area (Å²) in [6.07, 6.45) is 0.920. The van der Waals surface area contributed by atoms with Crippen LogP contribution >= 0.6 is 69.6 Å². The minimum Gasteiger partial charge on any atom is -0.372 e. The van der Waals surface area contributed by atoms with E-state index in [0.29, 0.717) is 45.4 Å². The molecule has 0 atom stereocenters. The molecule has 18 rings (SSSR count). The summed E-state index contributed by atoms with van der Waals surface area (Å²) in [4.78, 5) is 32.2. The molecule has 0 bridgehead atoms. The number of aliphatic imine (C=N–C) groups is 5. The Morgan fingerprint density at radius 2 is 0.541 bits per heavy atom. The third-order valence-corrected chi connectivity index (χ3v) is 22.6. The summed E-state index contributed by atoms with van der Waals surface area (Å²) >= 11 is 36.5. The molecule has 111 heavy (non-hydrogen) atoms. The number of piperidine rings is 1.